The maximum absolute atomic E-state index is 12.0. The van der Waals surface area contributed by atoms with E-state index in [1.54, 1.807) is 29.1 Å². The van der Waals surface area contributed by atoms with Crippen molar-refractivity contribution < 1.29 is 9.90 Å². The van der Waals surface area contributed by atoms with Crippen LogP contribution in [0.15, 0.2) is 30.6 Å². The van der Waals surface area contributed by atoms with Crippen LogP contribution in [0.1, 0.15) is 36.6 Å². The van der Waals surface area contributed by atoms with E-state index in [0.29, 0.717) is 15.6 Å². The van der Waals surface area contributed by atoms with E-state index in [0.717, 1.165) is 5.56 Å². The number of carbonyl (C=O) groups excluding carboxylic acids is 1. The number of nitrogens with one attached hydrogen (secondary N) is 1. The zero-order chi connectivity index (χ0) is 16.3. The molecule has 0 saturated carbocycles. The predicted octanol–water partition coefficient (Wildman–Crippen LogP) is 3.03. The molecule has 5 nitrogen and oxygen atoms in total. The van der Waals surface area contributed by atoms with Crippen LogP contribution in [-0.2, 0) is 11.8 Å². The molecule has 22 heavy (non-hydrogen) atoms. The first-order valence-electron chi connectivity index (χ1n) is 6.77. The van der Waals surface area contributed by atoms with Crippen molar-refractivity contribution in [3.63, 3.8) is 0 Å². The van der Waals surface area contributed by atoms with Gasteiger partial charge in [-0.25, -0.2) is 0 Å². The molecule has 2 rings (SSSR count). The molecule has 2 aromatic rings. The largest absolute Gasteiger partial charge is 0.388 e. The summed E-state index contributed by atoms with van der Waals surface area (Å²) in [6, 6.07) is 4.58. The number of aliphatic hydroxyl groups is 1. The van der Waals surface area contributed by atoms with Crippen LogP contribution in [0.5, 0.6) is 0 Å². The summed E-state index contributed by atoms with van der Waals surface area (Å²) in [6.45, 7) is 1.86. The highest BCUT2D eigenvalue weighted by Crippen LogP contribution is 2.25. The van der Waals surface area contributed by atoms with Gasteiger partial charge in [-0.3, -0.25) is 9.48 Å². The van der Waals surface area contributed by atoms with E-state index in [-0.39, 0.29) is 18.4 Å². The van der Waals surface area contributed by atoms with Crippen molar-refractivity contribution in [3.8, 4) is 0 Å². The number of hydrogen-bond acceptors (Lipinski definition) is 3. The standard InChI is InChI=1S/C15H17Cl2N3O2/c1-9(11-7-18-20(2)8-11)19-15(22)6-14(21)10-3-12(16)5-13(17)4-10/h3-5,7-9,14,21H,6H2,1-2H3,(H,19,22)/t9-,14+/m0/s1. The fourth-order valence-corrected chi connectivity index (χ4v) is 2.65. The first-order chi connectivity index (χ1) is 10.3. The SMILES string of the molecule is C[C@H](NC(=O)C[C@@H](O)c1cc(Cl)cc(Cl)c1)c1cnn(C)c1. The van der Waals surface area contributed by atoms with Gasteiger partial charge in [-0.05, 0) is 30.7 Å². The fraction of sp³-hybridized carbons (Fsp3) is 0.333. The molecule has 1 aromatic carbocycles. The van der Waals surface area contributed by atoms with Crippen molar-refractivity contribution in [3.05, 3.63) is 51.8 Å². The highest BCUT2D eigenvalue weighted by Gasteiger charge is 2.17. The van der Waals surface area contributed by atoms with Gasteiger partial charge in [-0.2, -0.15) is 5.10 Å². The molecule has 0 unspecified atom stereocenters. The van der Waals surface area contributed by atoms with Crippen LogP contribution in [0.3, 0.4) is 0 Å². The monoisotopic (exact) mass is 341 g/mol. The Morgan fingerprint density at radius 3 is 2.50 bits per heavy atom. The number of rotatable bonds is 5. The number of carbonyl (C=O) groups is 1. The summed E-state index contributed by atoms with van der Waals surface area (Å²) in [6.07, 6.45) is 2.50. The lowest BCUT2D eigenvalue weighted by atomic mass is 10.1. The van der Waals surface area contributed by atoms with Crippen LogP contribution < -0.4 is 5.32 Å². The number of aromatic nitrogens is 2. The summed E-state index contributed by atoms with van der Waals surface area (Å²) in [5.41, 5.74) is 1.41. The molecule has 0 spiro atoms. The Hall–Kier alpha value is -1.56. The summed E-state index contributed by atoms with van der Waals surface area (Å²) in [5.74, 6) is -0.264. The second-order valence-electron chi connectivity index (χ2n) is 5.16. The molecular weight excluding hydrogens is 325 g/mol. The fourth-order valence-electron chi connectivity index (χ4n) is 2.11. The third-order valence-electron chi connectivity index (χ3n) is 3.25. The van der Waals surface area contributed by atoms with E-state index in [4.69, 9.17) is 23.2 Å². The van der Waals surface area contributed by atoms with Gasteiger partial charge in [0.2, 0.25) is 5.91 Å². The molecule has 0 bridgehead atoms. The zero-order valence-corrected chi connectivity index (χ0v) is 13.8. The molecule has 1 amide bonds. The van der Waals surface area contributed by atoms with Gasteiger partial charge in [0.15, 0.2) is 0 Å². The zero-order valence-electron chi connectivity index (χ0n) is 12.3. The summed E-state index contributed by atoms with van der Waals surface area (Å²) < 4.78 is 1.67. The smallest absolute Gasteiger partial charge is 0.223 e. The Labute approximate surface area is 138 Å². The molecule has 1 heterocycles. The topological polar surface area (TPSA) is 67.2 Å². The molecular formula is C15H17Cl2N3O2. The van der Waals surface area contributed by atoms with Crippen molar-refractivity contribution in [2.75, 3.05) is 0 Å². The minimum atomic E-state index is -0.961. The third-order valence-corrected chi connectivity index (χ3v) is 3.69. The normalized spacial score (nSPS) is 13.7. The van der Waals surface area contributed by atoms with Crippen molar-refractivity contribution in [2.45, 2.75) is 25.5 Å². The lowest BCUT2D eigenvalue weighted by molar-refractivity contribution is -0.123. The van der Waals surface area contributed by atoms with Gasteiger partial charge in [0, 0.05) is 28.9 Å². The Bertz CT molecular complexity index is 652. The molecule has 0 saturated heterocycles. The molecule has 118 valence electrons. The van der Waals surface area contributed by atoms with E-state index in [9.17, 15) is 9.90 Å². The Balaban J connectivity index is 1.96. The van der Waals surface area contributed by atoms with Gasteiger partial charge in [0.25, 0.3) is 0 Å². The third kappa shape index (κ3) is 4.47. The number of benzene rings is 1. The number of aryl methyl sites for hydroxylation is 1. The van der Waals surface area contributed by atoms with Gasteiger partial charge in [-0.15, -0.1) is 0 Å². The van der Waals surface area contributed by atoms with Crippen molar-refractivity contribution in [1.29, 1.82) is 0 Å². The van der Waals surface area contributed by atoms with E-state index >= 15 is 0 Å². The molecule has 0 aliphatic carbocycles. The minimum Gasteiger partial charge on any atom is -0.388 e. The second kappa shape index (κ2) is 7.13. The number of amides is 1. The van der Waals surface area contributed by atoms with Crippen LogP contribution in [0.2, 0.25) is 10.0 Å². The van der Waals surface area contributed by atoms with Gasteiger partial charge < -0.3 is 10.4 Å². The highest BCUT2D eigenvalue weighted by atomic mass is 35.5. The average Bonchev–Trinajstić information content (AvgIpc) is 2.84. The van der Waals surface area contributed by atoms with Crippen molar-refractivity contribution >= 4 is 29.1 Å². The number of halogens is 2. The van der Waals surface area contributed by atoms with Gasteiger partial charge >= 0.3 is 0 Å². The first-order valence-corrected chi connectivity index (χ1v) is 7.52. The van der Waals surface area contributed by atoms with Crippen molar-refractivity contribution in [2.24, 2.45) is 7.05 Å². The molecule has 0 aliphatic rings. The molecule has 2 N–H and O–H groups in total. The average molecular weight is 342 g/mol. The van der Waals surface area contributed by atoms with Crippen LogP contribution in [0, 0.1) is 0 Å². The molecule has 0 radical (unpaired) electrons. The van der Waals surface area contributed by atoms with Crippen LogP contribution in [0.4, 0.5) is 0 Å². The molecule has 7 heteroatoms. The molecule has 2 atom stereocenters. The van der Waals surface area contributed by atoms with E-state index in [1.807, 2.05) is 20.2 Å². The van der Waals surface area contributed by atoms with Crippen molar-refractivity contribution in [1.82, 2.24) is 15.1 Å². The van der Waals surface area contributed by atoms with Gasteiger partial charge in [-0.1, -0.05) is 23.2 Å². The maximum atomic E-state index is 12.0. The molecule has 0 fully saturated rings. The maximum Gasteiger partial charge on any atom is 0.223 e. The van der Waals surface area contributed by atoms with Crippen LogP contribution in [0.25, 0.3) is 0 Å². The Morgan fingerprint density at radius 2 is 1.95 bits per heavy atom. The molecule has 0 aliphatic heterocycles. The van der Waals surface area contributed by atoms with E-state index in [1.165, 1.54) is 0 Å². The van der Waals surface area contributed by atoms with E-state index < -0.39 is 6.10 Å². The summed E-state index contributed by atoms with van der Waals surface area (Å²) >= 11 is 11.8. The Kier molecular flexibility index (Phi) is 5.45. The highest BCUT2D eigenvalue weighted by molar-refractivity contribution is 6.34. The Morgan fingerprint density at radius 1 is 1.32 bits per heavy atom. The summed E-state index contributed by atoms with van der Waals surface area (Å²) in [5, 5.41) is 17.9. The lowest BCUT2D eigenvalue weighted by Gasteiger charge is -2.15. The number of hydrogen-bond donors (Lipinski definition) is 2. The molecule has 1 aromatic heterocycles. The number of nitrogens with zero attached hydrogens (tertiary/aromatic N) is 2. The van der Waals surface area contributed by atoms with Crippen LogP contribution >= 0.6 is 23.2 Å². The lowest BCUT2D eigenvalue weighted by Crippen LogP contribution is -2.27. The minimum absolute atomic E-state index is 0.0682. The van der Waals surface area contributed by atoms with Crippen LogP contribution in [-0.4, -0.2) is 20.8 Å². The predicted molar refractivity (Wildman–Crippen MR) is 85.8 cm³/mol. The second-order valence-corrected chi connectivity index (χ2v) is 6.03. The van der Waals surface area contributed by atoms with E-state index in [2.05, 4.69) is 10.4 Å². The van der Waals surface area contributed by atoms with Gasteiger partial charge in [0.05, 0.1) is 24.8 Å². The first kappa shape index (κ1) is 16.8. The summed E-state index contributed by atoms with van der Waals surface area (Å²) in [7, 11) is 1.81. The number of aliphatic hydroxyl groups excluding tert-OH is 1. The van der Waals surface area contributed by atoms with Gasteiger partial charge in [0.1, 0.15) is 0 Å². The quantitative estimate of drug-likeness (QED) is 0.878. The summed E-state index contributed by atoms with van der Waals surface area (Å²) in [4.78, 5) is 12.0.